The van der Waals surface area contributed by atoms with Gasteiger partial charge in [-0.2, -0.15) is 18.2 Å². The SMILES string of the molecule is COc1cc(N2CC[C@H](C(F)(F)F)n3c2nc(N2CCOCC2C)cc3=O)ccn1. The average Bonchev–Trinajstić information content (AvgIpc) is 2.72. The van der Waals surface area contributed by atoms with E-state index in [1.54, 1.807) is 17.0 Å². The lowest BCUT2D eigenvalue weighted by Gasteiger charge is -2.39. The number of fused-ring (bicyclic) bond motifs is 1. The third-order valence-corrected chi connectivity index (χ3v) is 5.38. The van der Waals surface area contributed by atoms with E-state index in [0.29, 0.717) is 37.1 Å². The predicted octanol–water partition coefficient (Wildman–Crippen LogP) is 2.52. The molecule has 0 saturated carbocycles. The number of morpholine rings is 1. The molecule has 8 nitrogen and oxygen atoms in total. The Morgan fingerprint density at radius 3 is 2.77 bits per heavy atom. The number of hydrogen-bond acceptors (Lipinski definition) is 7. The van der Waals surface area contributed by atoms with Crippen molar-refractivity contribution < 1.29 is 22.6 Å². The molecule has 1 unspecified atom stereocenters. The quantitative estimate of drug-likeness (QED) is 0.748. The van der Waals surface area contributed by atoms with Gasteiger partial charge >= 0.3 is 6.18 Å². The highest BCUT2D eigenvalue weighted by molar-refractivity contribution is 5.61. The first-order chi connectivity index (χ1) is 14.3. The molecule has 162 valence electrons. The van der Waals surface area contributed by atoms with Gasteiger partial charge in [0.25, 0.3) is 5.56 Å². The van der Waals surface area contributed by atoms with Crippen molar-refractivity contribution in [3.63, 3.8) is 0 Å². The molecular formula is C19H22F3N5O3. The minimum Gasteiger partial charge on any atom is -0.481 e. The van der Waals surface area contributed by atoms with E-state index >= 15 is 0 Å². The van der Waals surface area contributed by atoms with E-state index in [2.05, 4.69) is 9.97 Å². The van der Waals surface area contributed by atoms with Gasteiger partial charge in [-0.15, -0.1) is 0 Å². The molecule has 4 heterocycles. The Morgan fingerprint density at radius 1 is 1.27 bits per heavy atom. The average molecular weight is 425 g/mol. The number of hydrogen-bond donors (Lipinski definition) is 0. The lowest BCUT2D eigenvalue weighted by Crippen LogP contribution is -2.47. The van der Waals surface area contributed by atoms with Crippen molar-refractivity contribution in [2.24, 2.45) is 0 Å². The molecule has 0 radical (unpaired) electrons. The first kappa shape index (κ1) is 20.5. The van der Waals surface area contributed by atoms with Crippen molar-refractivity contribution in [3.05, 3.63) is 34.7 Å². The number of ether oxygens (including phenoxy) is 2. The summed E-state index contributed by atoms with van der Waals surface area (Å²) in [6.07, 6.45) is -3.33. The van der Waals surface area contributed by atoms with E-state index in [1.807, 2.05) is 11.8 Å². The molecule has 0 aromatic carbocycles. The maximum atomic E-state index is 13.7. The zero-order chi connectivity index (χ0) is 21.5. The topological polar surface area (TPSA) is 72.7 Å². The van der Waals surface area contributed by atoms with Crippen LogP contribution >= 0.6 is 0 Å². The van der Waals surface area contributed by atoms with Gasteiger partial charge in [-0.05, 0) is 19.4 Å². The number of halogens is 3. The van der Waals surface area contributed by atoms with Crippen LogP contribution in [0.15, 0.2) is 29.2 Å². The zero-order valence-electron chi connectivity index (χ0n) is 16.6. The van der Waals surface area contributed by atoms with Crippen LogP contribution in [0.4, 0.5) is 30.6 Å². The number of nitrogens with zero attached hydrogens (tertiary/aromatic N) is 5. The van der Waals surface area contributed by atoms with Gasteiger partial charge < -0.3 is 19.3 Å². The second-order valence-corrected chi connectivity index (χ2v) is 7.29. The first-order valence-electron chi connectivity index (χ1n) is 9.62. The van der Waals surface area contributed by atoms with Gasteiger partial charge in [0.1, 0.15) is 11.9 Å². The monoisotopic (exact) mass is 425 g/mol. The highest BCUT2D eigenvalue weighted by Crippen LogP contribution is 2.40. The minimum absolute atomic E-state index is 0.0435. The summed E-state index contributed by atoms with van der Waals surface area (Å²) < 4.78 is 52.4. The van der Waals surface area contributed by atoms with Gasteiger partial charge in [-0.25, -0.2) is 4.98 Å². The van der Waals surface area contributed by atoms with Crippen LogP contribution in [0.3, 0.4) is 0 Å². The molecule has 1 saturated heterocycles. The summed E-state index contributed by atoms with van der Waals surface area (Å²) in [5, 5.41) is 0. The van der Waals surface area contributed by atoms with E-state index in [1.165, 1.54) is 19.4 Å². The van der Waals surface area contributed by atoms with Gasteiger partial charge in [0.05, 0.1) is 32.1 Å². The third kappa shape index (κ3) is 3.69. The molecule has 4 rings (SSSR count). The number of alkyl halides is 3. The molecule has 11 heteroatoms. The molecule has 0 aliphatic carbocycles. The maximum absolute atomic E-state index is 13.7. The molecule has 1 fully saturated rings. The summed E-state index contributed by atoms with van der Waals surface area (Å²) >= 11 is 0. The lowest BCUT2D eigenvalue weighted by atomic mass is 10.1. The molecule has 0 amide bonds. The van der Waals surface area contributed by atoms with Crippen LogP contribution in [0, 0.1) is 0 Å². The largest absolute Gasteiger partial charge is 0.481 e. The number of pyridine rings is 1. The highest BCUT2D eigenvalue weighted by Gasteiger charge is 2.46. The molecule has 30 heavy (non-hydrogen) atoms. The van der Waals surface area contributed by atoms with Crippen LogP contribution in [0.25, 0.3) is 0 Å². The smallest absolute Gasteiger partial charge is 0.409 e. The number of anilines is 3. The van der Waals surface area contributed by atoms with E-state index in [4.69, 9.17) is 9.47 Å². The predicted molar refractivity (Wildman–Crippen MR) is 104 cm³/mol. The van der Waals surface area contributed by atoms with Crippen molar-refractivity contribution in [1.82, 2.24) is 14.5 Å². The molecule has 0 N–H and O–H groups in total. The van der Waals surface area contributed by atoms with Gasteiger partial charge in [-0.1, -0.05) is 0 Å². The van der Waals surface area contributed by atoms with E-state index in [0.717, 1.165) is 4.57 Å². The summed E-state index contributed by atoms with van der Waals surface area (Å²) in [6.45, 7) is 3.38. The second kappa shape index (κ2) is 7.78. The maximum Gasteiger partial charge on any atom is 0.409 e. The van der Waals surface area contributed by atoms with Crippen molar-refractivity contribution in [2.45, 2.75) is 31.6 Å². The van der Waals surface area contributed by atoms with E-state index < -0.39 is 17.8 Å². The van der Waals surface area contributed by atoms with Gasteiger partial charge in [-0.3, -0.25) is 9.36 Å². The van der Waals surface area contributed by atoms with Gasteiger partial charge in [0, 0.05) is 31.4 Å². The van der Waals surface area contributed by atoms with Crippen molar-refractivity contribution in [1.29, 1.82) is 0 Å². The van der Waals surface area contributed by atoms with Crippen LogP contribution in [-0.2, 0) is 4.74 Å². The van der Waals surface area contributed by atoms with Crippen LogP contribution in [0.2, 0.25) is 0 Å². The molecule has 2 aromatic heterocycles. The van der Waals surface area contributed by atoms with E-state index in [-0.39, 0.29) is 25.0 Å². The molecule has 0 spiro atoms. The summed E-state index contributed by atoms with van der Waals surface area (Å²) in [7, 11) is 1.45. The highest BCUT2D eigenvalue weighted by atomic mass is 19.4. The van der Waals surface area contributed by atoms with Crippen LogP contribution in [-0.4, -0.2) is 60.2 Å². The molecular weight excluding hydrogens is 403 g/mol. The second-order valence-electron chi connectivity index (χ2n) is 7.29. The summed E-state index contributed by atoms with van der Waals surface area (Å²) in [5.41, 5.74) is -0.183. The summed E-state index contributed by atoms with van der Waals surface area (Å²) in [4.78, 5) is 24.9. The van der Waals surface area contributed by atoms with Gasteiger partial charge in [0.15, 0.2) is 0 Å². The fourth-order valence-electron chi connectivity index (χ4n) is 3.88. The van der Waals surface area contributed by atoms with Crippen molar-refractivity contribution in [2.75, 3.05) is 43.2 Å². The van der Waals surface area contributed by atoms with Gasteiger partial charge in [0.2, 0.25) is 11.8 Å². The van der Waals surface area contributed by atoms with E-state index in [9.17, 15) is 18.0 Å². The Hall–Kier alpha value is -2.82. The lowest BCUT2D eigenvalue weighted by molar-refractivity contribution is -0.170. The molecule has 2 aromatic rings. The molecule has 2 aliphatic heterocycles. The molecule has 0 bridgehead atoms. The third-order valence-electron chi connectivity index (χ3n) is 5.38. The first-order valence-corrected chi connectivity index (χ1v) is 9.62. The Bertz CT molecular complexity index is 981. The van der Waals surface area contributed by atoms with Crippen LogP contribution in [0.5, 0.6) is 5.88 Å². The number of aromatic nitrogens is 3. The summed E-state index contributed by atoms with van der Waals surface area (Å²) in [6, 6.07) is 2.46. The fourth-order valence-corrected chi connectivity index (χ4v) is 3.88. The normalized spacial score (nSPS) is 22.0. The summed E-state index contributed by atoms with van der Waals surface area (Å²) in [5.74, 6) is 0.617. The minimum atomic E-state index is -4.56. The standard InChI is InChI=1S/C19H22F3N5O3/c1-12-11-30-8-7-25(12)15-10-17(28)27-14(19(20,21)22)4-6-26(18(27)24-15)13-3-5-23-16(9-13)29-2/h3,5,9-10,12,14H,4,6-8,11H2,1-2H3/t12?,14-/m1/s1. The Morgan fingerprint density at radius 2 is 2.07 bits per heavy atom. The Kier molecular flexibility index (Phi) is 5.31. The molecule has 2 atom stereocenters. The zero-order valence-corrected chi connectivity index (χ0v) is 16.6. The number of rotatable bonds is 3. The van der Waals surface area contributed by atoms with Crippen LogP contribution < -0.4 is 20.1 Å². The molecule has 2 aliphatic rings. The van der Waals surface area contributed by atoms with Crippen LogP contribution in [0.1, 0.15) is 19.4 Å². The van der Waals surface area contributed by atoms with Crippen molar-refractivity contribution in [3.8, 4) is 5.88 Å². The number of methoxy groups -OCH3 is 1. The fraction of sp³-hybridized carbons (Fsp3) is 0.526. The Balaban J connectivity index is 1.86. The Labute approximate surface area is 170 Å². The van der Waals surface area contributed by atoms with Crippen molar-refractivity contribution >= 4 is 17.5 Å².